The standard InChI is InChI=1S/C14H29N3O3S.ClH/c1-3-5-6-13(11-15)16-14(18)12-7-9-17(10-8-12)21(19,20)4-2;/h12-13H,3-11,15H2,1-2H3,(H,16,18);1H. The highest BCUT2D eigenvalue weighted by molar-refractivity contribution is 7.89. The van der Waals surface area contributed by atoms with Crippen LogP contribution >= 0.6 is 12.4 Å². The molecule has 1 atom stereocenters. The maximum atomic E-state index is 12.2. The van der Waals surface area contributed by atoms with Gasteiger partial charge in [-0.15, -0.1) is 12.4 Å². The molecule has 1 saturated heterocycles. The molecule has 1 aliphatic rings. The van der Waals surface area contributed by atoms with Crippen LogP contribution in [-0.4, -0.2) is 50.1 Å². The number of amides is 1. The highest BCUT2D eigenvalue weighted by atomic mass is 35.5. The van der Waals surface area contributed by atoms with Crippen LogP contribution in [0, 0.1) is 5.92 Å². The molecular formula is C14H30ClN3O3S. The largest absolute Gasteiger partial charge is 0.352 e. The Hall–Kier alpha value is -0.370. The van der Waals surface area contributed by atoms with Crippen LogP contribution in [0.15, 0.2) is 0 Å². The highest BCUT2D eigenvalue weighted by Crippen LogP contribution is 2.20. The topological polar surface area (TPSA) is 92.5 Å². The Balaban J connectivity index is 0.00000441. The van der Waals surface area contributed by atoms with Gasteiger partial charge in [-0.05, 0) is 26.2 Å². The summed E-state index contributed by atoms with van der Waals surface area (Å²) in [5.41, 5.74) is 5.69. The lowest BCUT2D eigenvalue weighted by molar-refractivity contribution is -0.126. The van der Waals surface area contributed by atoms with E-state index in [0.717, 1.165) is 19.3 Å². The Bertz CT molecular complexity index is 423. The van der Waals surface area contributed by atoms with Crippen LogP contribution in [0.3, 0.4) is 0 Å². The number of hydrogen-bond donors (Lipinski definition) is 2. The van der Waals surface area contributed by atoms with Gasteiger partial charge >= 0.3 is 0 Å². The Morgan fingerprint density at radius 3 is 2.36 bits per heavy atom. The summed E-state index contributed by atoms with van der Waals surface area (Å²) in [6.07, 6.45) is 4.23. The summed E-state index contributed by atoms with van der Waals surface area (Å²) >= 11 is 0. The Morgan fingerprint density at radius 1 is 1.32 bits per heavy atom. The number of halogens is 1. The Labute approximate surface area is 140 Å². The molecule has 0 aliphatic carbocycles. The molecule has 0 saturated carbocycles. The van der Waals surface area contributed by atoms with Gasteiger partial charge < -0.3 is 11.1 Å². The first-order valence-electron chi connectivity index (χ1n) is 7.92. The number of rotatable bonds is 8. The van der Waals surface area contributed by atoms with Gasteiger partial charge in [0.1, 0.15) is 0 Å². The normalized spacial score (nSPS) is 18.5. The molecule has 8 heteroatoms. The van der Waals surface area contributed by atoms with E-state index in [2.05, 4.69) is 12.2 Å². The summed E-state index contributed by atoms with van der Waals surface area (Å²) in [7, 11) is -3.13. The second kappa shape index (κ2) is 10.4. The van der Waals surface area contributed by atoms with Crippen molar-refractivity contribution >= 4 is 28.3 Å². The average molecular weight is 356 g/mol. The van der Waals surface area contributed by atoms with Crippen molar-refractivity contribution in [2.75, 3.05) is 25.4 Å². The molecular weight excluding hydrogens is 326 g/mol. The maximum Gasteiger partial charge on any atom is 0.223 e. The van der Waals surface area contributed by atoms with Crippen LogP contribution in [0.2, 0.25) is 0 Å². The number of carbonyl (C=O) groups excluding carboxylic acids is 1. The first-order valence-corrected chi connectivity index (χ1v) is 9.53. The number of sulfonamides is 1. The Morgan fingerprint density at radius 2 is 1.91 bits per heavy atom. The highest BCUT2D eigenvalue weighted by Gasteiger charge is 2.30. The van der Waals surface area contributed by atoms with Crippen molar-refractivity contribution in [3.8, 4) is 0 Å². The maximum absolute atomic E-state index is 12.2. The molecule has 0 aromatic carbocycles. The summed E-state index contributed by atoms with van der Waals surface area (Å²) in [6.45, 7) is 5.09. The van der Waals surface area contributed by atoms with Gasteiger partial charge in [-0.3, -0.25) is 4.79 Å². The lowest BCUT2D eigenvalue weighted by Gasteiger charge is -2.31. The lowest BCUT2D eigenvalue weighted by Crippen LogP contribution is -2.47. The predicted octanol–water partition coefficient (Wildman–Crippen LogP) is 1.10. The summed E-state index contributed by atoms with van der Waals surface area (Å²) in [5.74, 6) is 0.0509. The van der Waals surface area contributed by atoms with Crippen molar-refractivity contribution in [1.29, 1.82) is 0 Å². The van der Waals surface area contributed by atoms with Gasteiger partial charge in [0, 0.05) is 31.6 Å². The quantitative estimate of drug-likeness (QED) is 0.682. The first-order chi connectivity index (χ1) is 9.94. The molecule has 0 aromatic rings. The van der Waals surface area contributed by atoms with Crippen molar-refractivity contribution < 1.29 is 13.2 Å². The van der Waals surface area contributed by atoms with Gasteiger partial charge in [-0.2, -0.15) is 0 Å². The van der Waals surface area contributed by atoms with E-state index in [4.69, 9.17) is 5.73 Å². The molecule has 1 heterocycles. The summed E-state index contributed by atoms with van der Waals surface area (Å²) in [6, 6.07) is 0.0369. The van der Waals surface area contributed by atoms with Crippen molar-refractivity contribution in [2.45, 2.75) is 52.0 Å². The van der Waals surface area contributed by atoms with E-state index in [1.807, 2.05) is 0 Å². The van der Waals surface area contributed by atoms with Crippen LogP contribution in [0.4, 0.5) is 0 Å². The third kappa shape index (κ3) is 6.40. The smallest absolute Gasteiger partial charge is 0.223 e. The monoisotopic (exact) mass is 355 g/mol. The van der Waals surface area contributed by atoms with Crippen LogP contribution in [-0.2, 0) is 14.8 Å². The van der Waals surface area contributed by atoms with Crippen LogP contribution in [0.5, 0.6) is 0 Å². The lowest BCUT2D eigenvalue weighted by atomic mass is 9.96. The number of nitrogens with zero attached hydrogens (tertiary/aromatic N) is 1. The summed E-state index contributed by atoms with van der Waals surface area (Å²) in [5, 5.41) is 3.01. The zero-order valence-corrected chi connectivity index (χ0v) is 15.2. The molecule has 1 amide bonds. The third-order valence-electron chi connectivity index (χ3n) is 4.12. The summed E-state index contributed by atoms with van der Waals surface area (Å²) < 4.78 is 25.1. The zero-order valence-electron chi connectivity index (χ0n) is 13.6. The number of piperidine rings is 1. The second-order valence-corrected chi connectivity index (χ2v) is 7.91. The van der Waals surface area contributed by atoms with E-state index in [-0.39, 0.29) is 36.0 Å². The minimum absolute atomic E-state index is 0. The van der Waals surface area contributed by atoms with E-state index in [9.17, 15) is 13.2 Å². The molecule has 0 spiro atoms. The van der Waals surface area contributed by atoms with Gasteiger partial charge in [-0.1, -0.05) is 19.8 Å². The van der Waals surface area contributed by atoms with Gasteiger partial charge in [0.05, 0.1) is 5.75 Å². The van der Waals surface area contributed by atoms with Crippen molar-refractivity contribution in [1.82, 2.24) is 9.62 Å². The fraction of sp³-hybridized carbons (Fsp3) is 0.929. The summed E-state index contributed by atoms with van der Waals surface area (Å²) in [4.78, 5) is 12.2. The van der Waals surface area contributed by atoms with Crippen LogP contribution < -0.4 is 11.1 Å². The second-order valence-electron chi connectivity index (χ2n) is 5.66. The van der Waals surface area contributed by atoms with Crippen molar-refractivity contribution in [2.24, 2.45) is 11.7 Å². The average Bonchev–Trinajstić information content (AvgIpc) is 2.51. The minimum atomic E-state index is -3.13. The van der Waals surface area contributed by atoms with E-state index in [1.165, 1.54) is 4.31 Å². The molecule has 1 fully saturated rings. The predicted molar refractivity (Wildman–Crippen MR) is 91.5 cm³/mol. The molecule has 6 nitrogen and oxygen atoms in total. The number of nitrogens with two attached hydrogens (primary N) is 1. The number of unbranched alkanes of at least 4 members (excludes halogenated alkanes) is 1. The first kappa shape index (κ1) is 21.6. The molecule has 1 rings (SSSR count). The van der Waals surface area contributed by atoms with E-state index < -0.39 is 10.0 Å². The zero-order chi connectivity index (χ0) is 15.9. The molecule has 3 N–H and O–H groups in total. The molecule has 132 valence electrons. The van der Waals surface area contributed by atoms with Gasteiger partial charge in [-0.25, -0.2) is 12.7 Å². The Kier molecular flexibility index (Phi) is 10.2. The molecule has 1 aliphatic heterocycles. The third-order valence-corrected chi connectivity index (χ3v) is 6.00. The van der Waals surface area contributed by atoms with E-state index in [0.29, 0.717) is 32.5 Å². The van der Waals surface area contributed by atoms with Crippen LogP contribution in [0.25, 0.3) is 0 Å². The fourth-order valence-corrected chi connectivity index (χ4v) is 3.73. The fourth-order valence-electron chi connectivity index (χ4n) is 2.60. The van der Waals surface area contributed by atoms with Crippen LogP contribution in [0.1, 0.15) is 46.0 Å². The van der Waals surface area contributed by atoms with E-state index in [1.54, 1.807) is 6.92 Å². The molecule has 0 aromatic heterocycles. The van der Waals surface area contributed by atoms with Gasteiger partial charge in [0.15, 0.2) is 0 Å². The number of nitrogens with one attached hydrogen (secondary N) is 1. The van der Waals surface area contributed by atoms with Crippen molar-refractivity contribution in [3.05, 3.63) is 0 Å². The molecule has 0 radical (unpaired) electrons. The molecule has 1 unspecified atom stereocenters. The minimum Gasteiger partial charge on any atom is -0.352 e. The molecule has 0 bridgehead atoms. The van der Waals surface area contributed by atoms with Gasteiger partial charge in [0.2, 0.25) is 15.9 Å². The van der Waals surface area contributed by atoms with E-state index >= 15 is 0 Å². The number of carbonyl (C=O) groups is 1. The number of hydrogen-bond acceptors (Lipinski definition) is 4. The SMILES string of the molecule is CCCCC(CN)NC(=O)C1CCN(S(=O)(=O)CC)CC1.Cl. The van der Waals surface area contributed by atoms with Crippen molar-refractivity contribution in [3.63, 3.8) is 0 Å². The van der Waals surface area contributed by atoms with Gasteiger partial charge in [0.25, 0.3) is 0 Å². The molecule has 22 heavy (non-hydrogen) atoms.